The van der Waals surface area contributed by atoms with E-state index in [-0.39, 0.29) is 24.6 Å². The van der Waals surface area contributed by atoms with Crippen molar-refractivity contribution in [3.63, 3.8) is 0 Å². The molecule has 130 valence electrons. The standard InChI is InChI=1S/C19H19NO4S/c21-18(22)10-11-20-19(23)15(13-25)12-14-6-8-17(9-7-14)24-16-4-2-1-3-5-16/h1-9,12,25H,10-11,13H2,(H,20,23)(H,21,22). The Labute approximate surface area is 151 Å². The third-order valence-electron chi connectivity index (χ3n) is 3.29. The summed E-state index contributed by atoms with van der Waals surface area (Å²) in [5.74, 6) is 0.425. The largest absolute Gasteiger partial charge is 0.481 e. The van der Waals surface area contributed by atoms with Gasteiger partial charge in [0.15, 0.2) is 0 Å². The molecule has 2 N–H and O–H groups in total. The lowest BCUT2D eigenvalue weighted by Gasteiger charge is -2.07. The number of hydrogen-bond donors (Lipinski definition) is 3. The molecule has 0 spiro atoms. The summed E-state index contributed by atoms with van der Waals surface area (Å²) < 4.78 is 5.72. The van der Waals surface area contributed by atoms with Crippen LogP contribution in [0, 0.1) is 0 Å². The Hall–Kier alpha value is -2.73. The van der Waals surface area contributed by atoms with Crippen molar-refractivity contribution in [2.24, 2.45) is 0 Å². The number of carboxylic acids is 1. The summed E-state index contributed by atoms with van der Waals surface area (Å²) in [7, 11) is 0. The van der Waals surface area contributed by atoms with Crippen LogP contribution in [0.3, 0.4) is 0 Å². The fourth-order valence-corrected chi connectivity index (χ4v) is 2.27. The van der Waals surface area contributed by atoms with Crippen LogP contribution < -0.4 is 10.1 Å². The van der Waals surface area contributed by atoms with Gasteiger partial charge in [-0.05, 0) is 35.9 Å². The monoisotopic (exact) mass is 357 g/mol. The highest BCUT2D eigenvalue weighted by atomic mass is 32.1. The normalized spacial score (nSPS) is 11.0. The summed E-state index contributed by atoms with van der Waals surface area (Å²) in [6.45, 7) is 0.0864. The molecule has 1 amide bonds. The second kappa shape index (κ2) is 9.54. The van der Waals surface area contributed by atoms with Crippen LogP contribution in [0.4, 0.5) is 0 Å². The van der Waals surface area contributed by atoms with Crippen LogP contribution in [0.15, 0.2) is 60.2 Å². The number of para-hydroxylation sites is 1. The molecule has 0 aliphatic heterocycles. The topological polar surface area (TPSA) is 75.6 Å². The summed E-state index contributed by atoms with van der Waals surface area (Å²) in [6, 6.07) is 16.8. The minimum atomic E-state index is -0.953. The number of aliphatic carboxylic acids is 1. The molecule has 0 fully saturated rings. The predicted molar refractivity (Wildman–Crippen MR) is 100 cm³/mol. The number of hydrogen-bond acceptors (Lipinski definition) is 4. The van der Waals surface area contributed by atoms with Gasteiger partial charge in [0.25, 0.3) is 0 Å². The zero-order chi connectivity index (χ0) is 18.1. The van der Waals surface area contributed by atoms with E-state index >= 15 is 0 Å². The van der Waals surface area contributed by atoms with Gasteiger partial charge in [-0.15, -0.1) is 0 Å². The van der Waals surface area contributed by atoms with Crippen molar-refractivity contribution in [3.8, 4) is 11.5 Å². The number of benzene rings is 2. The van der Waals surface area contributed by atoms with Crippen LogP contribution in [0.1, 0.15) is 12.0 Å². The molecule has 0 atom stereocenters. The summed E-state index contributed by atoms with van der Waals surface area (Å²) >= 11 is 4.16. The first-order chi connectivity index (χ1) is 12.1. The van der Waals surface area contributed by atoms with Gasteiger partial charge in [0.05, 0.1) is 6.42 Å². The fourth-order valence-electron chi connectivity index (χ4n) is 2.04. The first-order valence-corrected chi connectivity index (χ1v) is 8.36. The average molecular weight is 357 g/mol. The summed E-state index contributed by atoms with van der Waals surface area (Å²) in [5.41, 5.74) is 1.29. The number of carbonyl (C=O) groups excluding carboxylic acids is 1. The summed E-state index contributed by atoms with van der Waals surface area (Å²) in [6.07, 6.45) is 1.60. The number of thiol groups is 1. The molecule has 0 saturated carbocycles. The zero-order valence-corrected chi connectivity index (χ0v) is 14.4. The number of nitrogens with one attached hydrogen (secondary N) is 1. The van der Waals surface area contributed by atoms with Crippen molar-refractivity contribution in [2.45, 2.75) is 6.42 Å². The van der Waals surface area contributed by atoms with E-state index in [0.717, 1.165) is 11.3 Å². The van der Waals surface area contributed by atoms with Crippen molar-refractivity contribution < 1.29 is 19.4 Å². The van der Waals surface area contributed by atoms with E-state index in [0.29, 0.717) is 11.3 Å². The molecule has 2 rings (SSSR count). The first-order valence-electron chi connectivity index (χ1n) is 7.73. The molecule has 0 saturated heterocycles. The molecule has 0 aromatic heterocycles. The minimum Gasteiger partial charge on any atom is -0.481 e. The Morgan fingerprint density at radius 3 is 2.28 bits per heavy atom. The van der Waals surface area contributed by atoms with Crippen molar-refractivity contribution in [3.05, 3.63) is 65.7 Å². The highest BCUT2D eigenvalue weighted by Crippen LogP contribution is 2.22. The van der Waals surface area contributed by atoms with Crippen LogP contribution in [-0.2, 0) is 9.59 Å². The second-order valence-electron chi connectivity index (χ2n) is 5.21. The summed E-state index contributed by atoms with van der Waals surface area (Å²) in [4.78, 5) is 22.5. The van der Waals surface area contributed by atoms with Crippen molar-refractivity contribution in [1.82, 2.24) is 5.32 Å². The van der Waals surface area contributed by atoms with E-state index in [2.05, 4.69) is 17.9 Å². The van der Waals surface area contributed by atoms with Gasteiger partial charge in [-0.3, -0.25) is 9.59 Å². The van der Waals surface area contributed by atoms with Gasteiger partial charge in [0, 0.05) is 17.9 Å². The molecule has 0 heterocycles. The maximum absolute atomic E-state index is 12.0. The molecule has 0 radical (unpaired) electrons. The SMILES string of the molecule is O=C(O)CCNC(=O)C(=Cc1ccc(Oc2ccccc2)cc1)CS. The highest BCUT2D eigenvalue weighted by Gasteiger charge is 2.08. The lowest BCUT2D eigenvalue weighted by atomic mass is 10.1. The Kier molecular flexibility index (Phi) is 7.10. The Balaban J connectivity index is 2.00. The quantitative estimate of drug-likeness (QED) is 0.500. The molecule has 25 heavy (non-hydrogen) atoms. The van der Waals surface area contributed by atoms with Crippen LogP contribution in [0.2, 0.25) is 0 Å². The maximum atomic E-state index is 12.0. The number of ether oxygens (including phenoxy) is 1. The van der Waals surface area contributed by atoms with E-state index < -0.39 is 5.97 Å². The Morgan fingerprint density at radius 1 is 1.04 bits per heavy atom. The third kappa shape index (κ3) is 6.35. The lowest BCUT2D eigenvalue weighted by Crippen LogP contribution is -2.27. The molecule has 0 aliphatic rings. The lowest BCUT2D eigenvalue weighted by molar-refractivity contribution is -0.136. The molecule has 0 aliphatic carbocycles. The van der Waals surface area contributed by atoms with E-state index in [9.17, 15) is 9.59 Å². The predicted octanol–water partition coefficient (Wildman–Crippen LogP) is 3.38. The highest BCUT2D eigenvalue weighted by molar-refractivity contribution is 7.80. The van der Waals surface area contributed by atoms with E-state index in [1.807, 2.05) is 54.6 Å². The molecule has 0 unspecified atom stereocenters. The molecule has 2 aromatic rings. The smallest absolute Gasteiger partial charge is 0.305 e. The molecule has 0 bridgehead atoms. The zero-order valence-electron chi connectivity index (χ0n) is 13.5. The van der Waals surface area contributed by atoms with Gasteiger partial charge >= 0.3 is 5.97 Å². The van der Waals surface area contributed by atoms with Gasteiger partial charge in [-0.1, -0.05) is 30.3 Å². The maximum Gasteiger partial charge on any atom is 0.305 e. The van der Waals surface area contributed by atoms with Crippen LogP contribution in [0.5, 0.6) is 11.5 Å². The summed E-state index contributed by atoms with van der Waals surface area (Å²) in [5, 5.41) is 11.2. The van der Waals surface area contributed by atoms with Crippen molar-refractivity contribution in [2.75, 3.05) is 12.3 Å². The third-order valence-corrected chi connectivity index (χ3v) is 3.63. The van der Waals surface area contributed by atoms with Gasteiger partial charge < -0.3 is 15.2 Å². The number of amides is 1. The number of carboxylic acid groups (broad SMARTS) is 1. The Morgan fingerprint density at radius 2 is 1.68 bits per heavy atom. The molecule has 6 heteroatoms. The van der Waals surface area contributed by atoms with Gasteiger partial charge in [0.1, 0.15) is 11.5 Å². The van der Waals surface area contributed by atoms with Crippen LogP contribution >= 0.6 is 12.6 Å². The first kappa shape index (κ1) is 18.6. The van der Waals surface area contributed by atoms with Gasteiger partial charge in [0.2, 0.25) is 5.91 Å². The number of carbonyl (C=O) groups is 2. The fraction of sp³-hybridized carbons (Fsp3) is 0.158. The van der Waals surface area contributed by atoms with Crippen LogP contribution in [-0.4, -0.2) is 29.3 Å². The van der Waals surface area contributed by atoms with Gasteiger partial charge in [-0.25, -0.2) is 0 Å². The average Bonchev–Trinajstić information content (AvgIpc) is 2.61. The van der Waals surface area contributed by atoms with Crippen molar-refractivity contribution >= 4 is 30.6 Å². The molecular weight excluding hydrogens is 338 g/mol. The second-order valence-corrected chi connectivity index (χ2v) is 5.53. The molecule has 2 aromatic carbocycles. The minimum absolute atomic E-state index is 0.0864. The van der Waals surface area contributed by atoms with Crippen molar-refractivity contribution in [1.29, 1.82) is 0 Å². The molecular formula is C19H19NO4S. The van der Waals surface area contributed by atoms with E-state index in [1.54, 1.807) is 6.08 Å². The Bertz CT molecular complexity index is 742. The number of rotatable bonds is 8. The van der Waals surface area contributed by atoms with Gasteiger partial charge in [-0.2, -0.15) is 12.6 Å². The van der Waals surface area contributed by atoms with E-state index in [4.69, 9.17) is 9.84 Å². The van der Waals surface area contributed by atoms with Crippen LogP contribution in [0.25, 0.3) is 6.08 Å². The molecule has 5 nitrogen and oxygen atoms in total. The van der Waals surface area contributed by atoms with E-state index in [1.165, 1.54) is 0 Å².